The van der Waals surface area contributed by atoms with Crippen LogP contribution in [0.5, 0.6) is 0 Å². The zero-order valence-corrected chi connectivity index (χ0v) is 15.4. The number of amides is 2. The van der Waals surface area contributed by atoms with Gasteiger partial charge in [-0.25, -0.2) is 4.79 Å². The molecule has 2 rings (SSSR count). The minimum absolute atomic E-state index is 0.00690. The molecule has 0 unspecified atom stereocenters. The molecule has 0 spiro atoms. The van der Waals surface area contributed by atoms with Crippen molar-refractivity contribution in [1.29, 1.82) is 0 Å². The van der Waals surface area contributed by atoms with Gasteiger partial charge >= 0.3 is 6.09 Å². The average Bonchev–Trinajstić information content (AvgIpc) is 2.58. The second kappa shape index (κ2) is 8.16. The molecule has 0 aromatic heterocycles. The number of para-hydroxylation sites is 1. The number of nitro groups is 1. The average molecular weight is 363 g/mol. The molecular weight excluding hydrogens is 338 g/mol. The van der Waals surface area contributed by atoms with Gasteiger partial charge in [-0.3, -0.25) is 14.9 Å². The molecule has 2 amide bonds. The second-order valence-electron chi connectivity index (χ2n) is 7.35. The third kappa shape index (κ3) is 5.44. The van der Waals surface area contributed by atoms with E-state index in [-0.39, 0.29) is 30.2 Å². The normalized spacial score (nSPS) is 15.4. The van der Waals surface area contributed by atoms with Crippen molar-refractivity contribution in [2.45, 2.75) is 45.8 Å². The van der Waals surface area contributed by atoms with E-state index in [1.165, 1.54) is 6.07 Å². The lowest BCUT2D eigenvalue weighted by Crippen LogP contribution is -2.44. The van der Waals surface area contributed by atoms with Gasteiger partial charge in [0, 0.05) is 37.2 Å². The van der Waals surface area contributed by atoms with Gasteiger partial charge in [0.05, 0.1) is 4.92 Å². The van der Waals surface area contributed by atoms with E-state index in [1.807, 2.05) is 20.8 Å². The van der Waals surface area contributed by atoms with Crippen molar-refractivity contribution in [2.24, 2.45) is 5.92 Å². The van der Waals surface area contributed by atoms with Gasteiger partial charge in [-0.05, 0) is 33.6 Å². The Balaban J connectivity index is 1.84. The third-order valence-electron chi connectivity index (χ3n) is 4.16. The molecule has 8 heteroatoms. The number of carbonyl (C=O) groups excluding carboxylic acids is 2. The number of piperidine rings is 1. The number of nitro benzene ring substituents is 1. The highest BCUT2D eigenvalue weighted by atomic mass is 16.6. The molecule has 1 aromatic rings. The molecule has 1 saturated heterocycles. The van der Waals surface area contributed by atoms with Crippen LogP contribution in [0.15, 0.2) is 24.3 Å². The molecule has 1 fully saturated rings. The summed E-state index contributed by atoms with van der Waals surface area (Å²) in [5, 5.41) is 13.8. The lowest BCUT2D eigenvalue weighted by molar-refractivity contribution is -0.385. The van der Waals surface area contributed by atoms with Gasteiger partial charge < -0.3 is 15.0 Å². The molecule has 1 aromatic carbocycles. The maximum absolute atomic E-state index is 12.3. The molecule has 142 valence electrons. The Morgan fingerprint density at radius 1 is 1.27 bits per heavy atom. The molecule has 0 aliphatic carbocycles. The Morgan fingerprint density at radius 3 is 2.46 bits per heavy atom. The fourth-order valence-corrected chi connectivity index (χ4v) is 2.82. The first-order valence-corrected chi connectivity index (χ1v) is 8.65. The van der Waals surface area contributed by atoms with Crippen molar-refractivity contribution < 1.29 is 19.2 Å². The molecule has 1 aliphatic heterocycles. The van der Waals surface area contributed by atoms with Gasteiger partial charge in [0.1, 0.15) is 5.60 Å². The predicted octanol–water partition coefficient (Wildman–Crippen LogP) is 2.86. The van der Waals surface area contributed by atoms with Crippen LogP contribution in [0.1, 0.15) is 39.2 Å². The van der Waals surface area contributed by atoms with Gasteiger partial charge in [-0.1, -0.05) is 18.2 Å². The molecule has 1 heterocycles. The highest BCUT2D eigenvalue weighted by molar-refractivity contribution is 5.79. The lowest BCUT2D eigenvalue weighted by Gasteiger charge is -2.32. The van der Waals surface area contributed by atoms with E-state index in [2.05, 4.69) is 5.32 Å². The minimum atomic E-state index is -0.546. The smallest absolute Gasteiger partial charge is 0.410 e. The van der Waals surface area contributed by atoms with E-state index in [0.29, 0.717) is 31.5 Å². The number of ether oxygens (including phenoxy) is 1. The van der Waals surface area contributed by atoms with E-state index in [9.17, 15) is 19.7 Å². The van der Waals surface area contributed by atoms with E-state index in [1.54, 1.807) is 23.1 Å². The molecule has 1 aliphatic rings. The van der Waals surface area contributed by atoms with E-state index in [4.69, 9.17) is 4.74 Å². The summed E-state index contributed by atoms with van der Waals surface area (Å²) in [5.41, 5.74) is -0.0833. The van der Waals surface area contributed by atoms with Crippen LogP contribution in [0.2, 0.25) is 0 Å². The zero-order valence-electron chi connectivity index (χ0n) is 15.4. The summed E-state index contributed by atoms with van der Waals surface area (Å²) >= 11 is 0. The SMILES string of the molecule is CC(C)(C)OC(=O)N1CCC(C(=O)NCc2ccccc2[N+](=O)[O-])CC1. The third-order valence-corrected chi connectivity index (χ3v) is 4.16. The standard InChI is InChI=1S/C18H25N3O5/c1-18(2,3)26-17(23)20-10-8-13(9-11-20)16(22)19-12-14-6-4-5-7-15(14)21(24)25/h4-7,13H,8-12H2,1-3H3,(H,19,22). The summed E-state index contributed by atoms with van der Waals surface area (Å²) in [6, 6.07) is 6.34. The fourth-order valence-electron chi connectivity index (χ4n) is 2.82. The van der Waals surface area contributed by atoms with Crippen molar-refractivity contribution in [3.63, 3.8) is 0 Å². The van der Waals surface area contributed by atoms with E-state index < -0.39 is 10.5 Å². The Morgan fingerprint density at radius 2 is 1.88 bits per heavy atom. The number of nitrogens with zero attached hydrogens (tertiary/aromatic N) is 2. The van der Waals surface area contributed by atoms with Gasteiger partial charge in [-0.2, -0.15) is 0 Å². The fraction of sp³-hybridized carbons (Fsp3) is 0.556. The van der Waals surface area contributed by atoms with Crippen LogP contribution in [-0.4, -0.2) is 40.5 Å². The van der Waals surface area contributed by atoms with Crippen LogP contribution in [0, 0.1) is 16.0 Å². The Kier molecular flexibility index (Phi) is 6.18. The number of hydrogen-bond acceptors (Lipinski definition) is 5. The van der Waals surface area contributed by atoms with Crippen LogP contribution in [0.4, 0.5) is 10.5 Å². The number of benzene rings is 1. The molecule has 8 nitrogen and oxygen atoms in total. The predicted molar refractivity (Wildman–Crippen MR) is 95.5 cm³/mol. The van der Waals surface area contributed by atoms with Gasteiger partial charge in [0.25, 0.3) is 5.69 Å². The van der Waals surface area contributed by atoms with Crippen LogP contribution in [-0.2, 0) is 16.1 Å². The van der Waals surface area contributed by atoms with Crippen molar-refractivity contribution in [3.05, 3.63) is 39.9 Å². The quantitative estimate of drug-likeness (QED) is 0.655. The van der Waals surface area contributed by atoms with Gasteiger partial charge in [-0.15, -0.1) is 0 Å². The van der Waals surface area contributed by atoms with Crippen molar-refractivity contribution in [1.82, 2.24) is 10.2 Å². The maximum Gasteiger partial charge on any atom is 0.410 e. The van der Waals surface area contributed by atoms with Crippen molar-refractivity contribution >= 4 is 17.7 Å². The monoisotopic (exact) mass is 363 g/mol. The first kappa shape index (κ1) is 19.7. The van der Waals surface area contributed by atoms with Crippen molar-refractivity contribution in [2.75, 3.05) is 13.1 Å². The maximum atomic E-state index is 12.3. The molecule has 0 saturated carbocycles. The summed E-state index contributed by atoms with van der Waals surface area (Å²) in [4.78, 5) is 36.5. The first-order valence-electron chi connectivity index (χ1n) is 8.65. The van der Waals surface area contributed by atoms with Gasteiger partial charge in [0.2, 0.25) is 5.91 Å². The number of nitrogens with one attached hydrogen (secondary N) is 1. The molecule has 26 heavy (non-hydrogen) atoms. The Labute approximate surface area is 152 Å². The van der Waals surface area contributed by atoms with Crippen molar-refractivity contribution in [3.8, 4) is 0 Å². The molecule has 0 radical (unpaired) electrons. The Hall–Kier alpha value is -2.64. The molecule has 1 N–H and O–H groups in total. The highest BCUT2D eigenvalue weighted by Crippen LogP contribution is 2.21. The summed E-state index contributed by atoms with van der Waals surface area (Å²) in [7, 11) is 0. The lowest BCUT2D eigenvalue weighted by atomic mass is 9.96. The summed E-state index contributed by atoms with van der Waals surface area (Å²) in [6.45, 7) is 6.47. The molecule has 0 atom stereocenters. The molecular formula is C18H25N3O5. The highest BCUT2D eigenvalue weighted by Gasteiger charge is 2.30. The van der Waals surface area contributed by atoms with Crippen LogP contribution in [0.25, 0.3) is 0 Å². The van der Waals surface area contributed by atoms with Crippen LogP contribution in [0.3, 0.4) is 0 Å². The van der Waals surface area contributed by atoms with Gasteiger partial charge in [0.15, 0.2) is 0 Å². The largest absolute Gasteiger partial charge is 0.444 e. The van der Waals surface area contributed by atoms with Crippen LogP contribution < -0.4 is 5.32 Å². The number of carbonyl (C=O) groups is 2. The van der Waals surface area contributed by atoms with E-state index in [0.717, 1.165) is 0 Å². The number of likely N-dealkylation sites (tertiary alicyclic amines) is 1. The number of hydrogen-bond donors (Lipinski definition) is 1. The van der Waals surface area contributed by atoms with E-state index >= 15 is 0 Å². The summed E-state index contributed by atoms with van der Waals surface area (Å²) < 4.78 is 5.34. The zero-order chi connectivity index (χ0) is 19.3. The summed E-state index contributed by atoms with van der Waals surface area (Å²) in [6.07, 6.45) is 0.723. The topological polar surface area (TPSA) is 102 Å². The molecule has 0 bridgehead atoms. The minimum Gasteiger partial charge on any atom is -0.444 e. The number of rotatable bonds is 4. The summed E-state index contributed by atoms with van der Waals surface area (Å²) in [5.74, 6) is -0.358. The first-order chi connectivity index (χ1) is 12.2. The second-order valence-corrected chi connectivity index (χ2v) is 7.35. The van der Waals surface area contributed by atoms with Crippen LogP contribution >= 0.6 is 0 Å². The Bertz CT molecular complexity index is 676.